The zero-order chi connectivity index (χ0) is 14.5. The Morgan fingerprint density at radius 1 is 1.32 bits per heavy atom. The summed E-state index contributed by atoms with van der Waals surface area (Å²) >= 11 is 0. The fraction of sp³-hybridized carbons (Fsp3) is 0.875. The van der Waals surface area contributed by atoms with Crippen molar-refractivity contribution in [3.63, 3.8) is 0 Å². The molecule has 3 heteroatoms. The minimum absolute atomic E-state index is 0.196. The smallest absolute Gasteiger partial charge is 0.182 e. The number of rotatable bonds is 6. The summed E-state index contributed by atoms with van der Waals surface area (Å²) in [7, 11) is 2.01. The summed E-state index contributed by atoms with van der Waals surface area (Å²) in [5.74, 6) is 1.54. The van der Waals surface area contributed by atoms with Crippen LogP contribution >= 0.6 is 0 Å². The Labute approximate surface area is 119 Å². The first-order chi connectivity index (χ1) is 8.78. The van der Waals surface area contributed by atoms with Crippen molar-refractivity contribution in [3.8, 4) is 0 Å². The van der Waals surface area contributed by atoms with Crippen molar-refractivity contribution in [1.82, 2.24) is 4.90 Å². The summed E-state index contributed by atoms with van der Waals surface area (Å²) in [4.78, 5) is 2.04. The van der Waals surface area contributed by atoms with E-state index in [1.165, 1.54) is 32.1 Å². The van der Waals surface area contributed by atoms with Gasteiger partial charge in [0, 0.05) is 19.6 Å². The van der Waals surface area contributed by atoms with E-state index in [0.717, 1.165) is 18.9 Å². The number of nitrogens with two attached hydrogens (primary N) is 1. The zero-order valence-electron chi connectivity index (χ0n) is 13.2. The molecule has 1 aliphatic carbocycles. The lowest BCUT2D eigenvalue weighted by Crippen LogP contribution is -2.38. The van der Waals surface area contributed by atoms with Gasteiger partial charge in [-0.1, -0.05) is 32.1 Å². The summed E-state index contributed by atoms with van der Waals surface area (Å²) in [6.07, 6.45) is 8.02. The van der Waals surface area contributed by atoms with E-state index < -0.39 is 0 Å². The topological polar surface area (TPSA) is 38.5 Å². The maximum Gasteiger partial charge on any atom is 0.182 e. The number of hydrogen-bond acceptors (Lipinski definition) is 3. The van der Waals surface area contributed by atoms with E-state index >= 15 is 0 Å². The summed E-state index contributed by atoms with van der Waals surface area (Å²) in [5.41, 5.74) is 6.07. The van der Waals surface area contributed by atoms with Gasteiger partial charge in [0.25, 0.3) is 0 Å². The molecule has 2 N–H and O–H groups in total. The predicted octanol–water partition coefficient (Wildman–Crippen LogP) is 3.50. The second-order valence-corrected chi connectivity index (χ2v) is 6.99. The van der Waals surface area contributed by atoms with Crippen LogP contribution in [0.1, 0.15) is 59.3 Å². The van der Waals surface area contributed by atoms with Crippen molar-refractivity contribution >= 4 is 0 Å². The molecule has 19 heavy (non-hydrogen) atoms. The van der Waals surface area contributed by atoms with Crippen LogP contribution in [0.25, 0.3) is 0 Å². The van der Waals surface area contributed by atoms with Gasteiger partial charge in [-0.05, 0) is 39.7 Å². The van der Waals surface area contributed by atoms with Crippen LogP contribution in [-0.4, -0.2) is 30.1 Å². The maximum atomic E-state index is 6.27. The molecule has 1 aliphatic rings. The minimum Gasteiger partial charge on any atom is -0.474 e. The average molecular weight is 268 g/mol. The number of ether oxygens (including phenoxy) is 1. The van der Waals surface area contributed by atoms with Crippen LogP contribution < -0.4 is 5.73 Å². The second kappa shape index (κ2) is 7.18. The quantitative estimate of drug-likeness (QED) is 0.749. The largest absolute Gasteiger partial charge is 0.474 e. The van der Waals surface area contributed by atoms with Crippen LogP contribution in [-0.2, 0) is 4.74 Å². The molecule has 0 aliphatic heterocycles. The molecule has 1 saturated carbocycles. The van der Waals surface area contributed by atoms with Crippen molar-refractivity contribution in [2.24, 2.45) is 11.7 Å². The lowest BCUT2D eigenvalue weighted by Gasteiger charge is -2.31. The van der Waals surface area contributed by atoms with E-state index in [2.05, 4.69) is 6.58 Å². The summed E-state index contributed by atoms with van der Waals surface area (Å²) < 4.78 is 5.77. The molecule has 112 valence electrons. The number of likely N-dealkylation sites (N-methyl/N-ethyl adjacent to an activating group) is 1. The van der Waals surface area contributed by atoms with Gasteiger partial charge in [-0.3, -0.25) is 0 Å². The highest BCUT2D eigenvalue weighted by Crippen LogP contribution is 2.27. The van der Waals surface area contributed by atoms with Crippen LogP contribution in [0.3, 0.4) is 0 Å². The van der Waals surface area contributed by atoms with Gasteiger partial charge in [0.2, 0.25) is 0 Å². The second-order valence-electron chi connectivity index (χ2n) is 6.99. The SMILES string of the molecule is C=C(OC(C)(C)C)N(C)CC(N)CC1CCCCC1. The Bertz CT molecular complexity index is 277. The van der Waals surface area contributed by atoms with E-state index in [0.29, 0.717) is 5.88 Å². The lowest BCUT2D eigenvalue weighted by molar-refractivity contribution is 0.00774. The summed E-state index contributed by atoms with van der Waals surface area (Å²) in [5, 5.41) is 0. The van der Waals surface area contributed by atoms with E-state index in [4.69, 9.17) is 10.5 Å². The van der Waals surface area contributed by atoms with Crippen LogP contribution in [0, 0.1) is 5.92 Å². The Hall–Kier alpha value is -0.700. The first kappa shape index (κ1) is 16.4. The molecule has 0 radical (unpaired) electrons. The van der Waals surface area contributed by atoms with Crippen molar-refractivity contribution in [2.75, 3.05) is 13.6 Å². The fourth-order valence-electron chi connectivity index (χ4n) is 2.81. The first-order valence-corrected chi connectivity index (χ1v) is 7.62. The standard InChI is InChI=1S/C16H32N2O/c1-13(19-16(2,3)4)18(5)12-15(17)11-14-9-7-6-8-10-14/h14-15H,1,6-12,17H2,2-5H3. The molecule has 0 saturated heterocycles. The third-order valence-electron chi connectivity index (χ3n) is 3.72. The van der Waals surface area contributed by atoms with Crippen molar-refractivity contribution in [2.45, 2.75) is 70.9 Å². The summed E-state index contributed by atoms with van der Waals surface area (Å²) in [6, 6.07) is 0.216. The highest BCUT2D eigenvalue weighted by molar-refractivity contribution is 4.87. The van der Waals surface area contributed by atoms with Crippen molar-refractivity contribution in [3.05, 3.63) is 12.5 Å². The average Bonchev–Trinajstić information content (AvgIpc) is 2.27. The Morgan fingerprint density at radius 2 is 1.89 bits per heavy atom. The molecule has 0 aromatic carbocycles. The van der Waals surface area contributed by atoms with Gasteiger partial charge in [-0.2, -0.15) is 0 Å². The highest BCUT2D eigenvalue weighted by Gasteiger charge is 2.20. The molecule has 3 nitrogen and oxygen atoms in total. The van der Waals surface area contributed by atoms with Gasteiger partial charge in [-0.25, -0.2) is 0 Å². The van der Waals surface area contributed by atoms with Crippen LogP contribution in [0.15, 0.2) is 12.5 Å². The van der Waals surface area contributed by atoms with Gasteiger partial charge in [0.15, 0.2) is 5.88 Å². The van der Waals surface area contributed by atoms with Gasteiger partial charge in [0.05, 0.1) is 0 Å². The van der Waals surface area contributed by atoms with Crippen LogP contribution in [0.4, 0.5) is 0 Å². The third kappa shape index (κ3) is 6.86. The van der Waals surface area contributed by atoms with Crippen LogP contribution in [0.2, 0.25) is 0 Å². The van der Waals surface area contributed by atoms with Crippen molar-refractivity contribution < 1.29 is 4.74 Å². The molecule has 0 spiro atoms. The minimum atomic E-state index is -0.196. The molecule has 0 aromatic rings. The molecule has 0 amide bonds. The number of nitrogens with zero attached hydrogens (tertiary/aromatic N) is 1. The molecule has 1 fully saturated rings. The van der Waals surface area contributed by atoms with Gasteiger partial charge in [-0.15, -0.1) is 0 Å². The molecule has 0 aromatic heterocycles. The van der Waals surface area contributed by atoms with Gasteiger partial charge >= 0.3 is 0 Å². The maximum absolute atomic E-state index is 6.27. The van der Waals surface area contributed by atoms with Gasteiger partial charge < -0.3 is 15.4 Å². The predicted molar refractivity (Wildman–Crippen MR) is 81.8 cm³/mol. The zero-order valence-corrected chi connectivity index (χ0v) is 13.2. The lowest BCUT2D eigenvalue weighted by atomic mass is 9.85. The molecule has 0 heterocycles. The van der Waals surface area contributed by atoms with E-state index in [9.17, 15) is 0 Å². The number of hydrogen-bond donors (Lipinski definition) is 1. The molecule has 1 atom stereocenters. The molecular weight excluding hydrogens is 236 g/mol. The molecule has 1 unspecified atom stereocenters. The molecular formula is C16H32N2O. The fourth-order valence-corrected chi connectivity index (χ4v) is 2.81. The normalized spacial score (nSPS) is 19.0. The third-order valence-corrected chi connectivity index (χ3v) is 3.72. The molecule has 1 rings (SSSR count). The highest BCUT2D eigenvalue weighted by atomic mass is 16.5. The Kier molecular flexibility index (Phi) is 6.18. The van der Waals surface area contributed by atoms with Crippen LogP contribution in [0.5, 0.6) is 0 Å². The summed E-state index contributed by atoms with van der Waals surface area (Å²) in [6.45, 7) is 10.9. The Morgan fingerprint density at radius 3 is 2.42 bits per heavy atom. The van der Waals surface area contributed by atoms with E-state index in [1.54, 1.807) is 0 Å². The monoisotopic (exact) mass is 268 g/mol. The van der Waals surface area contributed by atoms with E-state index in [-0.39, 0.29) is 11.6 Å². The van der Waals surface area contributed by atoms with E-state index in [1.807, 2.05) is 32.7 Å². The molecule has 0 bridgehead atoms. The van der Waals surface area contributed by atoms with Gasteiger partial charge in [0.1, 0.15) is 5.60 Å². The Balaban J connectivity index is 2.30. The first-order valence-electron chi connectivity index (χ1n) is 7.62. The van der Waals surface area contributed by atoms with Crippen molar-refractivity contribution in [1.29, 1.82) is 0 Å².